The highest BCUT2D eigenvalue weighted by atomic mass is 15.3. The van der Waals surface area contributed by atoms with E-state index in [0.717, 1.165) is 12.0 Å². The average molecular weight is 126 g/mol. The van der Waals surface area contributed by atoms with Gasteiger partial charge < -0.3 is 5.32 Å². The van der Waals surface area contributed by atoms with Crippen LogP contribution in [0.1, 0.15) is 6.92 Å². The first-order valence-electron chi connectivity index (χ1n) is 3.82. The van der Waals surface area contributed by atoms with E-state index in [9.17, 15) is 0 Å². The first kappa shape index (κ1) is 5.69. The minimum atomic E-state index is 0.874. The Morgan fingerprint density at radius 3 is 3.00 bits per heavy atom. The first-order valence-corrected chi connectivity index (χ1v) is 3.82. The van der Waals surface area contributed by atoms with Gasteiger partial charge in [-0.1, -0.05) is 6.92 Å². The molecule has 52 valence electrons. The molecule has 0 radical (unpaired) electrons. The molecule has 2 atom stereocenters. The number of nitrogens with one attached hydrogen (secondary N) is 1. The molecule has 2 nitrogen and oxygen atoms in total. The quantitative estimate of drug-likeness (QED) is 0.488. The summed E-state index contributed by atoms with van der Waals surface area (Å²) in [7, 11) is 0. The molecule has 2 heteroatoms. The summed E-state index contributed by atoms with van der Waals surface area (Å²) in [4.78, 5) is 2.57. The molecule has 2 unspecified atom stereocenters. The van der Waals surface area contributed by atoms with Crippen molar-refractivity contribution in [3.8, 4) is 0 Å². The standard InChI is InChI=1S/C7H14N2/c1-6-5-9-3-2-8-4-7(6)9/h6-8H,2-5H2,1H3. The maximum Gasteiger partial charge on any atom is 0.0259 e. The van der Waals surface area contributed by atoms with Gasteiger partial charge in [0.05, 0.1) is 0 Å². The lowest BCUT2D eigenvalue weighted by atomic mass is 9.89. The maximum absolute atomic E-state index is 3.40. The van der Waals surface area contributed by atoms with Gasteiger partial charge in [-0.3, -0.25) is 4.90 Å². The van der Waals surface area contributed by atoms with E-state index >= 15 is 0 Å². The van der Waals surface area contributed by atoms with Crippen LogP contribution in [0.4, 0.5) is 0 Å². The number of piperazine rings is 1. The zero-order chi connectivity index (χ0) is 6.27. The zero-order valence-corrected chi connectivity index (χ0v) is 5.93. The summed E-state index contributed by atoms with van der Waals surface area (Å²) in [6, 6.07) is 0.874. The number of fused-ring (bicyclic) bond motifs is 1. The Morgan fingerprint density at radius 1 is 1.56 bits per heavy atom. The summed E-state index contributed by atoms with van der Waals surface area (Å²) in [5.41, 5.74) is 0. The van der Waals surface area contributed by atoms with Crippen molar-refractivity contribution in [2.75, 3.05) is 26.2 Å². The van der Waals surface area contributed by atoms with E-state index in [1.54, 1.807) is 0 Å². The van der Waals surface area contributed by atoms with Crippen molar-refractivity contribution in [3.63, 3.8) is 0 Å². The van der Waals surface area contributed by atoms with Crippen LogP contribution in [-0.4, -0.2) is 37.1 Å². The fourth-order valence-electron chi connectivity index (χ4n) is 1.91. The Labute approximate surface area is 56.2 Å². The Bertz CT molecular complexity index is 111. The molecule has 2 rings (SSSR count). The van der Waals surface area contributed by atoms with Crippen molar-refractivity contribution >= 4 is 0 Å². The van der Waals surface area contributed by atoms with E-state index in [4.69, 9.17) is 0 Å². The summed E-state index contributed by atoms with van der Waals surface area (Å²) < 4.78 is 0. The second kappa shape index (κ2) is 1.96. The van der Waals surface area contributed by atoms with E-state index in [1.165, 1.54) is 26.2 Å². The van der Waals surface area contributed by atoms with Crippen molar-refractivity contribution in [3.05, 3.63) is 0 Å². The molecule has 0 aromatic carbocycles. The molecule has 0 aliphatic carbocycles. The molecule has 9 heavy (non-hydrogen) atoms. The van der Waals surface area contributed by atoms with Crippen LogP contribution >= 0.6 is 0 Å². The Balaban J connectivity index is 1.94. The maximum atomic E-state index is 3.40. The van der Waals surface area contributed by atoms with Gasteiger partial charge in [0.15, 0.2) is 0 Å². The molecule has 2 saturated heterocycles. The third kappa shape index (κ3) is 0.775. The van der Waals surface area contributed by atoms with Crippen molar-refractivity contribution < 1.29 is 0 Å². The summed E-state index contributed by atoms with van der Waals surface area (Å²) in [5.74, 6) is 0.942. The Hall–Kier alpha value is -0.0800. The zero-order valence-electron chi connectivity index (χ0n) is 5.93. The van der Waals surface area contributed by atoms with Crippen LogP contribution in [0, 0.1) is 5.92 Å². The van der Waals surface area contributed by atoms with Gasteiger partial charge >= 0.3 is 0 Å². The summed E-state index contributed by atoms with van der Waals surface area (Å²) in [5, 5.41) is 3.40. The van der Waals surface area contributed by atoms with Crippen LogP contribution in [0.15, 0.2) is 0 Å². The third-order valence-corrected chi connectivity index (χ3v) is 2.58. The normalized spacial score (nSPS) is 43.7. The number of hydrogen-bond donors (Lipinski definition) is 1. The van der Waals surface area contributed by atoms with Gasteiger partial charge in [0.2, 0.25) is 0 Å². The molecule has 2 heterocycles. The van der Waals surface area contributed by atoms with Crippen LogP contribution in [0.2, 0.25) is 0 Å². The highest BCUT2D eigenvalue weighted by Gasteiger charge is 2.36. The predicted octanol–water partition coefficient (Wildman–Crippen LogP) is -0.0901. The Morgan fingerprint density at radius 2 is 2.44 bits per heavy atom. The molecular weight excluding hydrogens is 112 g/mol. The van der Waals surface area contributed by atoms with E-state index < -0.39 is 0 Å². The van der Waals surface area contributed by atoms with Crippen molar-refractivity contribution in [1.82, 2.24) is 10.2 Å². The summed E-state index contributed by atoms with van der Waals surface area (Å²) in [6.07, 6.45) is 0. The molecule has 0 bridgehead atoms. The number of hydrogen-bond acceptors (Lipinski definition) is 2. The van der Waals surface area contributed by atoms with Crippen molar-refractivity contribution in [2.45, 2.75) is 13.0 Å². The molecule has 2 aliphatic rings. The first-order chi connectivity index (χ1) is 4.38. The van der Waals surface area contributed by atoms with Crippen molar-refractivity contribution in [1.29, 1.82) is 0 Å². The molecule has 0 aromatic rings. The summed E-state index contributed by atoms with van der Waals surface area (Å²) >= 11 is 0. The van der Waals surface area contributed by atoms with Gasteiger partial charge in [0.1, 0.15) is 0 Å². The monoisotopic (exact) mass is 126 g/mol. The fraction of sp³-hybridized carbons (Fsp3) is 1.00. The molecule has 0 saturated carbocycles. The molecule has 2 aliphatic heterocycles. The highest BCUT2D eigenvalue weighted by molar-refractivity contribution is 4.93. The fourth-order valence-corrected chi connectivity index (χ4v) is 1.91. The smallest absolute Gasteiger partial charge is 0.0259 e. The Kier molecular flexibility index (Phi) is 1.24. The molecule has 0 amide bonds. The van der Waals surface area contributed by atoms with Crippen LogP contribution in [0.25, 0.3) is 0 Å². The van der Waals surface area contributed by atoms with E-state index in [1.807, 2.05) is 0 Å². The lowest BCUT2D eigenvalue weighted by Crippen LogP contribution is -2.64. The van der Waals surface area contributed by atoms with Gasteiger partial charge in [0, 0.05) is 32.2 Å². The van der Waals surface area contributed by atoms with E-state index in [0.29, 0.717) is 0 Å². The van der Waals surface area contributed by atoms with E-state index in [2.05, 4.69) is 17.1 Å². The molecule has 0 spiro atoms. The van der Waals surface area contributed by atoms with Gasteiger partial charge in [-0.2, -0.15) is 0 Å². The molecular formula is C7H14N2. The summed E-state index contributed by atoms with van der Waals surface area (Å²) in [6.45, 7) is 7.37. The highest BCUT2D eigenvalue weighted by Crippen LogP contribution is 2.24. The van der Waals surface area contributed by atoms with E-state index in [-0.39, 0.29) is 0 Å². The van der Waals surface area contributed by atoms with Crippen LogP contribution < -0.4 is 5.32 Å². The van der Waals surface area contributed by atoms with Gasteiger partial charge in [0.25, 0.3) is 0 Å². The van der Waals surface area contributed by atoms with Gasteiger partial charge in [-0.15, -0.1) is 0 Å². The molecule has 2 fully saturated rings. The van der Waals surface area contributed by atoms with Crippen molar-refractivity contribution in [2.24, 2.45) is 5.92 Å². The minimum absolute atomic E-state index is 0.874. The lowest BCUT2D eigenvalue weighted by molar-refractivity contribution is 0.00727. The molecule has 1 N–H and O–H groups in total. The topological polar surface area (TPSA) is 15.3 Å². The lowest BCUT2D eigenvalue weighted by Gasteiger charge is -2.49. The van der Waals surface area contributed by atoms with Gasteiger partial charge in [-0.05, 0) is 5.92 Å². The second-order valence-corrected chi connectivity index (χ2v) is 3.24. The third-order valence-electron chi connectivity index (χ3n) is 2.58. The minimum Gasteiger partial charge on any atom is -0.314 e. The molecule has 0 aromatic heterocycles. The second-order valence-electron chi connectivity index (χ2n) is 3.24. The average Bonchev–Trinajstić information content (AvgIpc) is 1.86. The largest absolute Gasteiger partial charge is 0.314 e. The number of rotatable bonds is 0. The van der Waals surface area contributed by atoms with Crippen LogP contribution in [0.3, 0.4) is 0 Å². The SMILES string of the molecule is CC1CN2CCNCC12. The van der Waals surface area contributed by atoms with Gasteiger partial charge in [-0.25, -0.2) is 0 Å². The predicted molar refractivity (Wildman–Crippen MR) is 37.4 cm³/mol. The number of nitrogens with zero attached hydrogens (tertiary/aromatic N) is 1. The van der Waals surface area contributed by atoms with Crippen LogP contribution in [-0.2, 0) is 0 Å². The van der Waals surface area contributed by atoms with Crippen LogP contribution in [0.5, 0.6) is 0 Å².